The van der Waals surface area contributed by atoms with Gasteiger partial charge in [0.1, 0.15) is 12.1 Å². The van der Waals surface area contributed by atoms with Gasteiger partial charge in [0.25, 0.3) is 5.91 Å². The van der Waals surface area contributed by atoms with Gasteiger partial charge in [-0.1, -0.05) is 13.8 Å². The molecule has 2 N–H and O–H groups in total. The van der Waals surface area contributed by atoms with Gasteiger partial charge in [0.05, 0.1) is 17.9 Å². The van der Waals surface area contributed by atoms with Crippen molar-refractivity contribution in [3.63, 3.8) is 0 Å². The largest absolute Gasteiger partial charge is 0.494 e. The number of carbonyl (C=O) groups is 2. The molecular weight excluding hydrogens is 322 g/mol. The van der Waals surface area contributed by atoms with Crippen LogP contribution in [0.25, 0.3) is 0 Å². The molecule has 1 heterocycles. The molecule has 132 valence electrons. The van der Waals surface area contributed by atoms with Crippen molar-refractivity contribution in [3.8, 4) is 5.75 Å². The van der Waals surface area contributed by atoms with Crippen molar-refractivity contribution in [2.24, 2.45) is 0 Å². The zero-order valence-electron chi connectivity index (χ0n) is 14.2. The summed E-state index contributed by atoms with van der Waals surface area (Å²) in [4.78, 5) is 31.0. The fraction of sp³-hybridized carbons (Fsp3) is 0.333. The number of hydrogen-bond acceptors (Lipinski definition) is 5. The van der Waals surface area contributed by atoms with E-state index in [4.69, 9.17) is 9.84 Å². The number of nitrogens with zero attached hydrogens (tertiary/aromatic N) is 2. The number of amides is 1. The average Bonchev–Trinajstić information content (AvgIpc) is 2.60. The summed E-state index contributed by atoms with van der Waals surface area (Å²) in [7, 11) is 0. The molecule has 1 amide bonds. The Morgan fingerprint density at radius 3 is 2.60 bits per heavy atom. The Morgan fingerprint density at radius 2 is 1.96 bits per heavy atom. The van der Waals surface area contributed by atoms with Crippen molar-refractivity contribution < 1.29 is 19.4 Å². The quantitative estimate of drug-likeness (QED) is 0.714. The molecular formula is C18H21N3O4. The van der Waals surface area contributed by atoms with E-state index in [0.29, 0.717) is 35.7 Å². The molecule has 0 aliphatic heterocycles. The van der Waals surface area contributed by atoms with Gasteiger partial charge in [0, 0.05) is 18.3 Å². The summed E-state index contributed by atoms with van der Waals surface area (Å²) in [5, 5.41) is 11.4. The van der Waals surface area contributed by atoms with Gasteiger partial charge in [-0.15, -0.1) is 0 Å². The number of carboxylic acids is 1. The van der Waals surface area contributed by atoms with Crippen LogP contribution in [0.5, 0.6) is 5.75 Å². The average molecular weight is 343 g/mol. The minimum absolute atomic E-state index is 0.0749. The first kappa shape index (κ1) is 18.4. The van der Waals surface area contributed by atoms with Crippen LogP contribution < -0.4 is 10.1 Å². The van der Waals surface area contributed by atoms with Gasteiger partial charge in [-0.2, -0.15) is 0 Å². The predicted octanol–water partition coefficient (Wildman–Crippen LogP) is 3.10. The monoisotopic (exact) mass is 343 g/mol. The summed E-state index contributed by atoms with van der Waals surface area (Å²) in [5.41, 5.74) is 1.78. The Kier molecular flexibility index (Phi) is 6.45. The molecule has 2 rings (SSSR count). The van der Waals surface area contributed by atoms with E-state index in [1.165, 1.54) is 12.5 Å². The van der Waals surface area contributed by atoms with E-state index in [-0.39, 0.29) is 18.2 Å². The van der Waals surface area contributed by atoms with Gasteiger partial charge in [0.15, 0.2) is 0 Å². The number of ether oxygens (including phenoxy) is 1. The molecule has 25 heavy (non-hydrogen) atoms. The number of anilines is 1. The highest BCUT2D eigenvalue weighted by Crippen LogP contribution is 2.19. The number of hydrogen-bond donors (Lipinski definition) is 2. The van der Waals surface area contributed by atoms with E-state index in [2.05, 4.69) is 15.3 Å². The van der Waals surface area contributed by atoms with Crippen LogP contribution in [0.2, 0.25) is 0 Å². The molecule has 1 aromatic carbocycles. The number of benzene rings is 1. The van der Waals surface area contributed by atoms with Gasteiger partial charge >= 0.3 is 5.97 Å². The van der Waals surface area contributed by atoms with Crippen molar-refractivity contribution >= 4 is 17.6 Å². The molecule has 0 aliphatic rings. The number of carbonyl (C=O) groups excluding carboxylic acids is 1. The Hall–Kier alpha value is -2.96. The lowest BCUT2D eigenvalue weighted by Crippen LogP contribution is -2.16. The van der Waals surface area contributed by atoms with E-state index < -0.39 is 5.97 Å². The third-order valence-corrected chi connectivity index (χ3v) is 3.45. The van der Waals surface area contributed by atoms with Gasteiger partial charge in [-0.05, 0) is 36.6 Å². The molecule has 0 saturated carbocycles. The van der Waals surface area contributed by atoms with Crippen LogP contribution in [-0.4, -0.2) is 33.6 Å². The lowest BCUT2D eigenvalue weighted by molar-refractivity contribution is -0.137. The Morgan fingerprint density at radius 1 is 1.24 bits per heavy atom. The van der Waals surface area contributed by atoms with Crippen molar-refractivity contribution in [3.05, 3.63) is 48.0 Å². The van der Waals surface area contributed by atoms with Gasteiger partial charge in [-0.25, -0.2) is 9.97 Å². The van der Waals surface area contributed by atoms with Gasteiger partial charge in [0.2, 0.25) is 0 Å². The smallest absolute Gasteiger partial charge is 0.303 e. The number of nitrogens with one attached hydrogen (secondary N) is 1. The molecule has 0 fully saturated rings. The molecule has 0 radical (unpaired) electrons. The second-order valence-corrected chi connectivity index (χ2v) is 5.80. The summed E-state index contributed by atoms with van der Waals surface area (Å²) >= 11 is 0. The highest BCUT2D eigenvalue weighted by Gasteiger charge is 2.15. The Balaban J connectivity index is 1.95. The highest BCUT2D eigenvalue weighted by molar-refractivity contribution is 6.04. The van der Waals surface area contributed by atoms with Crippen LogP contribution in [-0.2, 0) is 4.79 Å². The maximum absolute atomic E-state index is 12.4. The summed E-state index contributed by atoms with van der Waals surface area (Å²) < 4.78 is 5.46. The summed E-state index contributed by atoms with van der Waals surface area (Å²) in [5.74, 6) is -0.369. The lowest BCUT2D eigenvalue weighted by Gasteiger charge is -2.11. The molecule has 0 bridgehead atoms. The van der Waals surface area contributed by atoms with E-state index in [0.717, 1.165) is 0 Å². The molecule has 2 aromatic rings. The van der Waals surface area contributed by atoms with Gasteiger partial charge < -0.3 is 15.2 Å². The molecule has 0 atom stereocenters. The van der Waals surface area contributed by atoms with E-state index >= 15 is 0 Å². The summed E-state index contributed by atoms with van der Waals surface area (Å²) in [6.45, 7) is 4.27. The summed E-state index contributed by atoms with van der Waals surface area (Å²) in [6, 6.07) is 6.90. The Labute approximate surface area is 146 Å². The number of aliphatic carboxylic acids is 1. The third kappa shape index (κ3) is 5.56. The number of rotatable bonds is 8. The normalized spacial score (nSPS) is 10.5. The van der Waals surface area contributed by atoms with E-state index in [1.54, 1.807) is 24.3 Å². The van der Waals surface area contributed by atoms with Crippen molar-refractivity contribution in [2.45, 2.75) is 32.6 Å². The Bertz CT molecular complexity index is 729. The number of carboxylic acid groups (broad SMARTS) is 1. The van der Waals surface area contributed by atoms with Crippen LogP contribution in [0.15, 0.2) is 36.8 Å². The van der Waals surface area contributed by atoms with Crippen molar-refractivity contribution in [1.82, 2.24) is 9.97 Å². The zero-order chi connectivity index (χ0) is 18.2. The second kappa shape index (κ2) is 8.77. The zero-order valence-corrected chi connectivity index (χ0v) is 14.2. The van der Waals surface area contributed by atoms with E-state index in [9.17, 15) is 9.59 Å². The highest BCUT2D eigenvalue weighted by atomic mass is 16.5. The first-order valence-electron chi connectivity index (χ1n) is 8.03. The second-order valence-electron chi connectivity index (χ2n) is 5.80. The van der Waals surface area contributed by atoms with Crippen LogP contribution in [0.3, 0.4) is 0 Å². The van der Waals surface area contributed by atoms with Crippen LogP contribution >= 0.6 is 0 Å². The first-order valence-corrected chi connectivity index (χ1v) is 8.03. The topological polar surface area (TPSA) is 101 Å². The molecule has 0 saturated heterocycles. The van der Waals surface area contributed by atoms with Crippen LogP contribution in [0, 0.1) is 0 Å². The minimum Gasteiger partial charge on any atom is -0.494 e. The minimum atomic E-state index is -0.840. The summed E-state index contributed by atoms with van der Waals surface area (Å²) in [6.07, 6.45) is 3.46. The molecule has 7 nitrogen and oxygen atoms in total. The third-order valence-electron chi connectivity index (χ3n) is 3.45. The van der Waals surface area contributed by atoms with Crippen LogP contribution in [0.1, 0.15) is 48.7 Å². The fourth-order valence-corrected chi connectivity index (χ4v) is 2.22. The standard InChI is InChI=1S/C18H21N3O4/c1-12(2)17-15(10-19-11-20-17)18(24)21-13-5-7-14(8-6-13)25-9-3-4-16(22)23/h5-8,10-12H,3-4,9H2,1-2H3,(H,21,24)(H,22,23). The lowest BCUT2D eigenvalue weighted by atomic mass is 10.0. The molecule has 1 aromatic heterocycles. The van der Waals surface area contributed by atoms with Crippen molar-refractivity contribution in [2.75, 3.05) is 11.9 Å². The SMILES string of the molecule is CC(C)c1ncncc1C(=O)Nc1ccc(OCCCC(=O)O)cc1. The fourth-order valence-electron chi connectivity index (χ4n) is 2.22. The number of aromatic nitrogens is 2. The molecule has 0 unspecified atom stereocenters. The first-order chi connectivity index (χ1) is 12.0. The predicted molar refractivity (Wildman–Crippen MR) is 92.9 cm³/mol. The van der Waals surface area contributed by atoms with Crippen LogP contribution in [0.4, 0.5) is 5.69 Å². The van der Waals surface area contributed by atoms with Gasteiger partial charge in [-0.3, -0.25) is 9.59 Å². The van der Waals surface area contributed by atoms with Crippen molar-refractivity contribution in [1.29, 1.82) is 0 Å². The maximum Gasteiger partial charge on any atom is 0.303 e. The molecule has 0 aliphatic carbocycles. The maximum atomic E-state index is 12.4. The molecule has 0 spiro atoms. The van der Waals surface area contributed by atoms with E-state index in [1.807, 2.05) is 13.8 Å². The molecule has 7 heteroatoms.